The van der Waals surface area contributed by atoms with Crippen molar-refractivity contribution in [3.05, 3.63) is 58.0 Å². The minimum atomic E-state index is -0.361. The molecule has 94 valence electrons. The van der Waals surface area contributed by atoms with E-state index in [-0.39, 0.29) is 29.7 Å². The predicted molar refractivity (Wildman–Crippen MR) is 63.6 cm³/mol. The molecule has 0 atom stereocenters. The van der Waals surface area contributed by atoms with E-state index in [1.807, 2.05) is 0 Å². The summed E-state index contributed by atoms with van der Waals surface area (Å²) in [4.78, 5) is 25.3. The average Bonchev–Trinajstić information content (AvgIpc) is 2.69. The Morgan fingerprint density at radius 3 is 2.61 bits per heavy atom. The van der Waals surface area contributed by atoms with Crippen molar-refractivity contribution in [2.75, 3.05) is 0 Å². The van der Waals surface area contributed by atoms with Crippen LogP contribution in [0.3, 0.4) is 0 Å². The molecule has 0 aliphatic heterocycles. The van der Waals surface area contributed by atoms with Gasteiger partial charge in [0.05, 0.1) is 0 Å². The van der Waals surface area contributed by atoms with Crippen LogP contribution in [0, 0.1) is 5.82 Å². The first-order valence-electron chi connectivity index (χ1n) is 5.35. The van der Waals surface area contributed by atoms with Crippen molar-refractivity contribution in [2.24, 2.45) is 7.05 Å². The summed E-state index contributed by atoms with van der Waals surface area (Å²) in [6, 6.07) is 5.83. The highest BCUT2D eigenvalue weighted by Gasteiger charge is 2.10. The third kappa shape index (κ3) is 2.48. The van der Waals surface area contributed by atoms with Crippen molar-refractivity contribution in [1.29, 1.82) is 0 Å². The topological polar surface area (TPSA) is 66.9 Å². The number of benzene rings is 1. The molecule has 0 saturated heterocycles. The van der Waals surface area contributed by atoms with Gasteiger partial charge < -0.3 is 10.3 Å². The second kappa shape index (κ2) is 4.87. The Kier molecular flexibility index (Phi) is 3.27. The van der Waals surface area contributed by atoms with Crippen molar-refractivity contribution in [2.45, 2.75) is 6.54 Å². The number of hydrogen-bond acceptors (Lipinski definition) is 2. The summed E-state index contributed by atoms with van der Waals surface area (Å²) < 4.78 is 13.9. The lowest BCUT2D eigenvalue weighted by Crippen LogP contribution is -2.27. The van der Waals surface area contributed by atoms with Gasteiger partial charge in [-0.3, -0.25) is 9.36 Å². The number of halogens is 1. The van der Waals surface area contributed by atoms with E-state index >= 15 is 0 Å². The maximum absolute atomic E-state index is 12.7. The standard InChI is InChI=1S/C12H12FN3O2/c1-16-10(7-15-12(16)18)11(17)14-6-8-2-4-9(13)5-3-8/h2-5,7H,6H2,1H3,(H,14,17)(H,15,18). The minimum Gasteiger partial charge on any atom is -0.347 e. The van der Waals surface area contributed by atoms with E-state index in [1.54, 1.807) is 12.1 Å². The highest BCUT2D eigenvalue weighted by atomic mass is 19.1. The van der Waals surface area contributed by atoms with Crippen molar-refractivity contribution in [1.82, 2.24) is 14.9 Å². The SMILES string of the molecule is Cn1c(C(=O)NCc2ccc(F)cc2)c[nH]c1=O. The molecule has 0 aliphatic rings. The molecule has 1 amide bonds. The fraction of sp³-hybridized carbons (Fsp3) is 0.167. The van der Waals surface area contributed by atoms with Crippen LogP contribution in [-0.2, 0) is 13.6 Å². The van der Waals surface area contributed by atoms with Gasteiger partial charge in [0.25, 0.3) is 5.91 Å². The summed E-state index contributed by atoms with van der Waals surface area (Å²) in [5, 5.41) is 2.65. The zero-order chi connectivity index (χ0) is 13.1. The van der Waals surface area contributed by atoms with E-state index < -0.39 is 0 Å². The third-order valence-corrected chi connectivity index (χ3v) is 2.60. The molecule has 0 unspecified atom stereocenters. The minimum absolute atomic E-state index is 0.252. The van der Waals surface area contributed by atoms with E-state index in [4.69, 9.17) is 0 Å². The lowest BCUT2D eigenvalue weighted by atomic mass is 10.2. The third-order valence-electron chi connectivity index (χ3n) is 2.60. The zero-order valence-electron chi connectivity index (χ0n) is 9.74. The van der Waals surface area contributed by atoms with Gasteiger partial charge in [0.2, 0.25) is 0 Å². The summed E-state index contributed by atoms with van der Waals surface area (Å²) in [7, 11) is 1.51. The van der Waals surface area contributed by atoms with Gasteiger partial charge in [-0.25, -0.2) is 9.18 Å². The monoisotopic (exact) mass is 249 g/mol. The van der Waals surface area contributed by atoms with Crippen molar-refractivity contribution >= 4 is 5.91 Å². The van der Waals surface area contributed by atoms with Gasteiger partial charge in [0, 0.05) is 19.8 Å². The van der Waals surface area contributed by atoms with E-state index in [0.717, 1.165) is 5.56 Å². The second-order valence-corrected chi connectivity index (χ2v) is 3.85. The van der Waals surface area contributed by atoms with Gasteiger partial charge in [0.15, 0.2) is 0 Å². The number of hydrogen-bond donors (Lipinski definition) is 2. The van der Waals surface area contributed by atoms with Crippen LogP contribution in [0.25, 0.3) is 0 Å². The van der Waals surface area contributed by atoms with Gasteiger partial charge in [0.1, 0.15) is 11.5 Å². The van der Waals surface area contributed by atoms with E-state index in [9.17, 15) is 14.0 Å². The number of aromatic nitrogens is 2. The lowest BCUT2D eigenvalue weighted by molar-refractivity contribution is 0.0942. The molecule has 0 saturated carbocycles. The van der Waals surface area contributed by atoms with Crippen LogP contribution in [-0.4, -0.2) is 15.5 Å². The molecule has 0 fully saturated rings. The molecule has 1 heterocycles. The van der Waals surface area contributed by atoms with Crippen molar-refractivity contribution in [3.8, 4) is 0 Å². The molecule has 5 nitrogen and oxygen atoms in total. The Labute approximate surface area is 102 Å². The van der Waals surface area contributed by atoms with E-state index in [0.29, 0.717) is 0 Å². The van der Waals surface area contributed by atoms with E-state index in [2.05, 4.69) is 10.3 Å². The molecule has 0 aliphatic carbocycles. The van der Waals surface area contributed by atoms with E-state index in [1.165, 1.54) is 29.9 Å². The highest BCUT2D eigenvalue weighted by Crippen LogP contribution is 2.02. The van der Waals surface area contributed by atoms with Crippen LogP contribution in [0.15, 0.2) is 35.3 Å². The molecule has 6 heteroatoms. The number of nitrogens with zero attached hydrogens (tertiary/aromatic N) is 1. The number of nitrogens with one attached hydrogen (secondary N) is 2. The number of carbonyl (C=O) groups is 1. The fourth-order valence-electron chi connectivity index (χ4n) is 1.53. The fourth-order valence-corrected chi connectivity index (χ4v) is 1.53. The number of aromatic amines is 1. The maximum Gasteiger partial charge on any atom is 0.325 e. The van der Waals surface area contributed by atoms with Crippen molar-refractivity contribution in [3.63, 3.8) is 0 Å². The lowest BCUT2D eigenvalue weighted by Gasteiger charge is -2.05. The first-order valence-corrected chi connectivity index (χ1v) is 5.35. The average molecular weight is 249 g/mol. The van der Waals surface area contributed by atoms with Gasteiger partial charge >= 0.3 is 5.69 Å². The van der Waals surface area contributed by atoms with Crippen molar-refractivity contribution < 1.29 is 9.18 Å². The van der Waals surface area contributed by atoms with Crippen LogP contribution in [0.2, 0.25) is 0 Å². The quantitative estimate of drug-likeness (QED) is 0.844. The second-order valence-electron chi connectivity index (χ2n) is 3.85. The Hall–Kier alpha value is -2.37. The Balaban J connectivity index is 2.02. The smallest absolute Gasteiger partial charge is 0.325 e. The zero-order valence-corrected chi connectivity index (χ0v) is 9.74. The summed E-state index contributed by atoms with van der Waals surface area (Å²) in [5.41, 5.74) is 0.689. The highest BCUT2D eigenvalue weighted by molar-refractivity contribution is 5.92. The van der Waals surface area contributed by atoms with Crippen LogP contribution in [0.1, 0.15) is 16.1 Å². The van der Waals surface area contributed by atoms with Crippen LogP contribution >= 0.6 is 0 Å². The Bertz CT molecular complexity index is 613. The van der Waals surface area contributed by atoms with Gasteiger partial charge in [-0.1, -0.05) is 12.1 Å². The normalized spacial score (nSPS) is 10.3. The molecule has 2 N–H and O–H groups in total. The molecule has 1 aromatic carbocycles. The summed E-state index contributed by atoms with van der Waals surface area (Å²) in [6.45, 7) is 0.276. The number of rotatable bonds is 3. The molecular weight excluding hydrogens is 237 g/mol. The van der Waals surface area contributed by atoms with Crippen LogP contribution in [0.5, 0.6) is 0 Å². The molecule has 18 heavy (non-hydrogen) atoms. The number of imidazole rings is 1. The molecule has 0 bridgehead atoms. The van der Waals surface area contributed by atoms with Gasteiger partial charge in [-0.2, -0.15) is 0 Å². The van der Waals surface area contributed by atoms with Gasteiger partial charge in [-0.15, -0.1) is 0 Å². The molecule has 0 radical (unpaired) electrons. The number of H-pyrrole nitrogens is 1. The summed E-state index contributed by atoms with van der Waals surface area (Å²) >= 11 is 0. The molecule has 2 rings (SSSR count). The Morgan fingerprint density at radius 1 is 1.39 bits per heavy atom. The molecule has 0 spiro atoms. The largest absolute Gasteiger partial charge is 0.347 e. The molecular formula is C12H12FN3O2. The summed E-state index contributed by atoms with van der Waals surface area (Å²) in [6.07, 6.45) is 1.35. The van der Waals surface area contributed by atoms with Crippen LogP contribution < -0.4 is 11.0 Å². The summed E-state index contributed by atoms with van der Waals surface area (Å²) in [5.74, 6) is -0.682. The maximum atomic E-state index is 12.7. The first-order chi connectivity index (χ1) is 8.58. The molecule has 1 aromatic heterocycles. The van der Waals surface area contributed by atoms with Crippen LogP contribution in [0.4, 0.5) is 4.39 Å². The Morgan fingerprint density at radius 2 is 2.06 bits per heavy atom. The predicted octanol–water partition coefficient (Wildman–Crippen LogP) is 0.782. The molecule has 2 aromatic rings. The van der Waals surface area contributed by atoms with Gasteiger partial charge in [-0.05, 0) is 17.7 Å². The number of carbonyl (C=O) groups excluding carboxylic acids is 1. The first kappa shape index (κ1) is 12.1. The number of amides is 1.